The smallest absolute Gasteiger partial charge is 0.229 e. The molecule has 5 rings (SSSR count). The Kier molecular flexibility index (Phi) is 5.93. The summed E-state index contributed by atoms with van der Waals surface area (Å²) in [7, 11) is 3.68. The molecule has 4 heteroatoms. The van der Waals surface area contributed by atoms with Crippen LogP contribution in [0.2, 0.25) is 0 Å². The third-order valence-corrected chi connectivity index (χ3v) is 8.10. The summed E-state index contributed by atoms with van der Waals surface area (Å²) in [6, 6.07) is 23.2. The van der Waals surface area contributed by atoms with Crippen LogP contribution < -0.4 is 0 Å². The zero-order valence-electron chi connectivity index (χ0n) is 20.5. The molecule has 4 nitrogen and oxygen atoms in total. The fraction of sp³-hybridized carbons (Fsp3) is 0.400. The van der Waals surface area contributed by atoms with Crippen molar-refractivity contribution in [2.24, 2.45) is 5.92 Å². The normalized spacial score (nSPS) is 19.7. The molecule has 0 aromatic heterocycles. The molecule has 1 aliphatic heterocycles. The van der Waals surface area contributed by atoms with Gasteiger partial charge in [0.2, 0.25) is 11.8 Å². The zero-order valence-corrected chi connectivity index (χ0v) is 20.5. The van der Waals surface area contributed by atoms with Gasteiger partial charge in [-0.15, -0.1) is 0 Å². The molecule has 0 saturated carbocycles. The predicted molar refractivity (Wildman–Crippen MR) is 137 cm³/mol. The summed E-state index contributed by atoms with van der Waals surface area (Å²) in [5, 5.41) is 2.46. The van der Waals surface area contributed by atoms with E-state index in [0.717, 1.165) is 38.8 Å². The first-order valence-corrected chi connectivity index (χ1v) is 12.5. The van der Waals surface area contributed by atoms with E-state index in [-0.39, 0.29) is 29.1 Å². The van der Waals surface area contributed by atoms with Gasteiger partial charge in [-0.3, -0.25) is 9.59 Å². The number of likely N-dealkylation sites (tertiary alicyclic amines) is 1. The largest absolute Gasteiger partial charge is 0.348 e. The van der Waals surface area contributed by atoms with E-state index < -0.39 is 0 Å². The summed E-state index contributed by atoms with van der Waals surface area (Å²) in [5.41, 5.74) is 3.75. The summed E-state index contributed by atoms with van der Waals surface area (Å²) in [6.07, 6.45) is 3.46. The number of rotatable bonds is 4. The van der Waals surface area contributed by atoms with Crippen LogP contribution in [0, 0.1) is 5.92 Å². The van der Waals surface area contributed by atoms with E-state index in [1.54, 1.807) is 4.90 Å². The molecule has 0 N–H and O–H groups in total. The van der Waals surface area contributed by atoms with E-state index in [1.165, 1.54) is 27.5 Å². The number of amides is 2. The van der Waals surface area contributed by atoms with Gasteiger partial charge in [0.25, 0.3) is 0 Å². The van der Waals surface area contributed by atoms with Crippen molar-refractivity contribution in [2.45, 2.75) is 43.9 Å². The van der Waals surface area contributed by atoms with Crippen molar-refractivity contribution in [1.29, 1.82) is 0 Å². The molecule has 2 aliphatic rings. The van der Waals surface area contributed by atoms with Crippen LogP contribution in [0.4, 0.5) is 0 Å². The van der Waals surface area contributed by atoms with E-state index in [1.807, 2.05) is 20.2 Å². The molecule has 1 spiro atoms. The second-order valence-corrected chi connectivity index (χ2v) is 10.4. The van der Waals surface area contributed by atoms with Crippen LogP contribution >= 0.6 is 0 Å². The Labute approximate surface area is 202 Å². The molecular weight excluding hydrogens is 420 g/mol. The van der Waals surface area contributed by atoms with Gasteiger partial charge >= 0.3 is 0 Å². The van der Waals surface area contributed by atoms with E-state index in [4.69, 9.17) is 0 Å². The van der Waals surface area contributed by atoms with Gasteiger partial charge in [-0.05, 0) is 53.1 Å². The monoisotopic (exact) mass is 454 g/mol. The molecular formula is C30H34N2O2. The number of likely N-dealkylation sites (N-methyl/N-ethyl adjacent to an activating group) is 1. The lowest BCUT2D eigenvalue weighted by molar-refractivity contribution is -0.137. The van der Waals surface area contributed by atoms with E-state index in [0.29, 0.717) is 0 Å². The summed E-state index contributed by atoms with van der Waals surface area (Å²) >= 11 is 0. The van der Waals surface area contributed by atoms with Crippen molar-refractivity contribution in [3.05, 3.63) is 83.4 Å². The number of fused-ring (bicyclic) bond motifs is 3. The number of carbonyl (C=O) groups is 2. The summed E-state index contributed by atoms with van der Waals surface area (Å²) in [4.78, 5) is 30.1. The Morgan fingerprint density at radius 1 is 0.971 bits per heavy atom. The van der Waals surface area contributed by atoms with Gasteiger partial charge in [-0.25, -0.2) is 0 Å². The van der Waals surface area contributed by atoms with Crippen LogP contribution in [-0.2, 0) is 21.4 Å². The van der Waals surface area contributed by atoms with Gasteiger partial charge in [-0.1, -0.05) is 73.7 Å². The third-order valence-electron chi connectivity index (χ3n) is 8.10. The third kappa shape index (κ3) is 3.89. The highest BCUT2D eigenvalue weighted by Crippen LogP contribution is 2.52. The Morgan fingerprint density at radius 2 is 1.65 bits per heavy atom. The molecule has 1 fully saturated rings. The number of hydrogen-bond acceptors (Lipinski definition) is 2. The second kappa shape index (κ2) is 8.90. The minimum atomic E-state index is -0.0706. The number of benzene rings is 3. The lowest BCUT2D eigenvalue weighted by Crippen LogP contribution is -2.46. The molecule has 34 heavy (non-hydrogen) atoms. The van der Waals surface area contributed by atoms with Crippen molar-refractivity contribution in [2.75, 3.05) is 27.2 Å². The molecule has 2 amide bonds. The van der Waals surface area contributed by atoms with Crippen LogP contribution in [-0.4, -0.2) is 48.8 Å². The Morgan fingerprint density at radius 3 is 2.41 bits per heavy atom. The highest BCUT2D eigenvalue weighted by atomic mass is 16.2. The van der Waals surface area contributed by atoms with Gasteiger partial charge in [0.1, 0.15) is 0 Å². The van der Waals surface area contributed by atoms with Gasteiger partial charge in [0.05, 0.1) is 5.92 Å². The van der Waals surface area contributed by atoms with Crippen molar-refractivity contribution in [3.63, 3.8) is 0 Å². The second-order valence-electron chi connectivity index (χ2n) is 10.4. The van der Waals surface area contributed by atoms with Crippen LogP contribution in [0.5, 0.6) is 0 Å². The van der Waals surface area contributed by atoms with Gasteiger partial charge < -0.3 is 9.80 Å². The topological polar surface area (TPSA) is 40.6 Å². The number of piperidine rings is 1. The lowest BCUT2D eigenvalue weighted by atomic mass is 9.73. The van der Waals surface area contributed by atoms with Crippen molar-refractivity contribution >= 4 is 22.6 Å². The maximum atomic E-state index is 13.4. The van der Waals surface area contributed by atoms with Crippen molar-refractivity contribution < 1.29 is 9.59 Å². The first kappa shape index (κ1) is 22.6. The standard InChI is InChI=1S/C30H34N2O2/c1-21(19-23-11-8-10-22-9-4-5-12-24(22)23)28(33)32-17-15-30(16-18-32)20-26(29(34)31(2)3)25-13-6-7-14-27(25)30/h4-14,21,26H,15-20H2,1-3H3. The zero-order chi connectivity index (χ0) is 23.9. The van der Waals surface area contributed by atoms with Crippen molar-refractivity contribution in [3.8, 4) is 0 Å². The van der Waals surface area contributed by atoms with Crippen LogP contribution in [0.25, 0.3) is 10.8 Å². The van der Waals surface area contributed by atoms with Crippen LogP contribution in [0.1, 0.15) is 48.8 Å². The van der Waals surface area contributed by atoms with E-state index in [2.05, 4.69) is 72.5 Å². The molecule has 0 bridgehead atoms. The summed E-state index contributed by atoms with van der Waals surface area (Å²) in [6.45, 7) is 3.58. The first-order valence-electron chi connectivity index (χ1n) is 12.5. The Bertz CT molecular complexity index is 1220. The average Bonchev–Trinajstić information content (AvgIpc) is 3.17. The molecule has 1 saturated heterocycles. The quantitative estimate of drug-likeness (QED) is 0.547. The molecule has 0 radical (unpaired) electrons. The maximum Gasteiger partial charge on any atom is 0.229 e. The maximum absolute atomic E-state index is 13.4. The highest BCUT2D eigenvalue weighted by molar-refractivity contribution is 5.87. The van der Waals surface area contributed by atoms with Gasteiger partial charge in [0.15, 0.2) is 0 Å². The molecule has 1 heterocycles. The fourth-order valence-electron chi connectivity index (χ4n) is 6.25. The molecule has 176 valence electrons. The van der Waals surface area contributed by atoms with E-state index >= 15 is 0 Å². The fourth-order valence-corrected chi connectivity index (χ4v) is 6.25. The summed E-state index contributed by atoms with van der Waals surface area (Å²) < 4.78 is 0. The Balaban J connectivity index is 1.29. The Hall–Kier alpha value is -3.14. The minimum absolute atomic E-state index is 0.00256. The predicted octanol–water partition coefficient (Wildman–Crippen LogP) is 5.15. The summed E-state index contributed by atoms with van der Waals surface area (Å²) in [5.74, 6) is 0.305. The van der Waals surface area contributed by atoms with Crippen LogP contribution in [0.15, 0.2) is 66.7 Å². The number of nitrogens with zero attached hydrogens (tertiary/aromatic N) is 2. The van der Waals surface area contributed by atoms with Gasteiger partial charge in [-0.2, -0.15) is 0 Å². The SMILES string of the molecule is CC(Cc1cccc2ccccc12)C(=O)N1CCC2(CC1)CC(C(=O)N(C)C)c1ccccc12. The number of hydrogen-bond donors (Lipinski definition) is 0. The lowest BCUT2D eigenvalue weighted by Gasteiger charge is -2.41. The molecule has 2 atom stereocenters. The van der Waals surface area contributed by atoms with Crippen molar-refractivity contribution in [1.82, 2.24) is 9.80 Å². The van der Waals surface area contributed by atoms with Gasteiger partial charge in [0, 0.05) is 38.5 Å². The van der Waals surface area contributed by atoms with E-state index in [9.17, 15) is 9.59 Å². The molecule has 2 unspecified atom stereocenters. The van der Waals surface area contributed by atoms with Crippen LogP contribution in [0.3, 0.4) is 0 Å². The average molecular weight is 455 g/mol. The minimum Gasteiger partial charge on any atom is -0.348 e. The molecule has 3 aromatic rings. The first-order chi connectivity index (χ1) is 16.4. The molecule has 1 aliphatic carbocycles. The molecule has 3 aromatic carbocycles. The number of carbonyl (C=O) groups excluding carboxylic acids is 2. The highest BCUT2D eigenvalue weighted by Gasteiger charge is 2.48.